The number of carbonyl (C=O) groups is 3. The molecule has 1 aromatic rings. The molecular weight excluding hydrogens is 406 g/mol. The second-order valence-electron chi connectivity index (χ2n) is 9.43. The predicted molar refractivity (Wildman–Crippen MR) is 123 cm³/mol. The zero-order valence-corrected chi connectivity index (χ0v) is 18.7. The number of amides is 3. The second-order valence-corrected chi connectivity index (χ2v) is 9.43. The molecule has 0 radical (unpaired) electrons. The summed E-state index contributed by atoms with van der Waals surface area (Å²) in [5.74, 6) is -0.176. The van der Waals surface area contributed by atoms with Crippen molar-refractivity contribution in [3.05, 3.63) is 29.3 Å². The monoisotopic (exact) mass is 441 g/mol. The van der Waals surface area contributed by atoms with E-state index in [4.69, 9.17) is 11.5 Å². The Labute approximate surface area is 189 Å². The van der Waals surface area contributed by atoms with E-state index in [1.54, 1.807) is 4.90 Å². The van der Waals surface area contributed by atoms with Gasteiger partial charge in [-0.05, 0) is 69.5 Å². The summed E-state index contributed by atoms with van der Waals surface area (Å²) >= 11 is 0. The molecule has 0 bridgehead atoms. The zero-order chi connectivity index (χ0) is 22.7. The molecule has 1 unspecified atom stereocenters. The number of rotatable bonds is 8. The summed E-state index contributed by atoms with van der Waals surface area (Å²) in [6.45, 7) is 2.91. The molecule has 5 N–H and O–H groups in total. The van der Waals surface area contributed by atoms with Gasteiger partial charge < -0.3 is 21.3 Å². The average Bonchev–Trinajstić information content (AvgIpc) is 3.11. The minimum atomic E-state index is -0.592. The number of benzene rings is 1. The average molecular weight is 442 g/mol. The predicted octanol–water partition coefficient (Wildman–Crippen LogP) is 1.51. The van der Waals surface area contributed by atoms with E-state index >= 15 is 0 Å². The molecule has 1 atom stereocenters. The smallest absolute Gasteiger partial charge is 0.255 e. The van der Waals surface area contributed by atoms with Gasteiger partial charge in [-0.15, -0.1) is 0 Å². The normalized spacial score (nSPS) is 25.6. The first kappa shape index (κ1) is 22.7. The first-order chi connectivity index (χ1) is 15.5. The lowest BCUT2D eigenvalue weighted by atomic mass is 9.86. The molecular formula is C24H35N5O3. The van der Waals surface area contributed by atoms with Gasteiger partial charge in [-0.2, -0.15) is 0 Å². The van der Waals surface area contributed by atoms with E-state index in [1.807, 2.05) is 12.1 Å². The maximum atomic E-state index is 13.2. The van der Waals surface area contributed by atoms with E-state index in [-0.39, 0.29) is 24.1 Å². The highest BCUT2D eigenvalue weighted by molar-refractivity contribution is 6.06. The van der Waals surface area contributed by atoms with Crippen molar-refractivity contribution in [2.45, 2.75) is 70.0 Å². The van der Waals surface area contributed by atoms with Crippen LogP contribution in [0.1, 0.15) is 67.3 Å². The van der Waals surface area contributed by atoms with Gasteiger partial charge >= 0.3 is 0 Å². The lowest BCUT2D eigenvalue weighted by Gasteiger charge is -2.34. The molecule has 2 fully saturated rings. The number of nitrogens with zero attached hydrogens (tertiary/aromatic N) is 2. The molecule has 2 aliphatic heterocycles. The van der Waals surface area contributed by atoms with E-state index in [1.165, 1.54) is 0 Å². The fourth-order valence-electron chi connectivity index (χ4n) is 5.31. The van der Waals surface area contributed by atoms with E-state index in [9.17, 15) is 14.4 Å². The van der Waals surface area contributed by atoms with Gasteiger partial charge in [0.15, 0.2) is 0 Å². The Morgan fingerprint density at radius 2 is 1.84 bits per heavy atom. The lowest BCUT2D eigenvalue weighted by molar-refractivity contribution is -0.136. The highest BCUT2D eigenvalue weighted by Crippen LogP contribution is 2.35. The third-order valence-corrected chi connectivity index (χ3v) is 7.15. The fourth-order valence-corrected chi connectivity index (χ4v) is 5.31. The van der Waals surface area contributed by atoms with Gasteiger partial charge in [0.1, 0.15) is 6.04 Å². The quantitative estimate of drug-likeness (QED) is 0.415. The Morgan fingerprint density at radius 3 is 2.56 bits per heavy atom. The Kier molecular flexibility index (Phi) is 7.10. The Hall–Kier alpha value is -2.45. The number of nitrogens with one attached hydrogen (secondary N) is 1. The largest absolute Gasteiger partial charge is 0.371 e. The number of anilines is 1. The van der Waals surface area contributed by atoms with Crippen LogP contribution >= 0.6 is 0 Å². The lowest BCUT2D eigenvalue weighted by Crippen LogP contribution is -2.52. The van der Waals surface area contributed by atoms with Crippen LogP contribution in [0, 0.1) is 5.92 Å². The summed E-state index contributed by atoms with van der Waals surface area (Å²) in [7, 11) is 0. The molecule has 32 heavy (non-hydrogen) atoms. The molecule has 3 amide bonds. The van der Waals surface area contributed by atoms with Crippen LogP contribution in [0.3, 0.4) is 0 Å². The van der Waals surface area contributed by atoms with Crippen molar-refractivity contribution >= 4 is 23.4 Å². The molecule has 0 aromatic heterocycles. The van der Waals surface area contributed by atoms with Crippen molar-refractivity contribution < 1.29 is 14.4 Å². The Morgan fingerprint density at radius 1 is 1.06 bits per heavy atom. The van der Waals surface area contributed by atoms with Gasteiger partial charge in [-0.25, -0.2) is 0 Å². The minimum Gasteiger partial charge on any atom is -0.371 e. The first-order valence-corrected chi connectivity index (χ1v) is 11.9. The maximum Gasteiger partial charge on any atom is 0.255 e. The van der Waals surface area contributed by atoms with Crippen LogP contribution in [0.5, 0.6) is 0 Å². The SMILES string of the molecule is NCCCCN(CC1CCC(N)CC1)c1cccc2c1CN(C1CCC(=O)NC1=O)C2=O. The number of fused-ring (bicyclic) bond motifs is 1. The third kappa shape index (κ3) is 4.81. The number of hydrogen-bond donors (Lipinski definition) is 3. The molecule has 1 saturated heterocycles. The van der Waals surface area contributed by atoms with Crippen LogP contribution in [0.4, 0.5) is 5.69 Å². The van der Waals surface area contributed by atoms with Gasteiger partial charge in [-0.3, -0.25) is 19.7 Å². The summed E-state index contributed by atoms with van der Waals surface area (Å²) in [5, 5.41) is 2.38. The molecule has 0 spiro atoms. The van der Waals surface area contributed by atoms with Crippen molar-refractivity contribution in [2.24, 2.45) is 17.4 Å². The van der Waals surface area contributed by atoms with E-state index < -0.39 is 6.04 Å². The molecule has 3 aliphatic rings. The van der Waals surface area contributed by atoms with Crippen LogP contribution < -0.4 is 21.7 Å². The number of piperidine rings is 1. The van der Waals surface area contributed by atoms with E-state index in [0.29, 0.717) is 37.0 Å². The molecule has 4 rings (SSSR count). The highest BCUT2D eigenvalue weighted by atomic mass is 16.2. The topological polar surface area (TPSA) is 122 Å². The van der Waals surface area contributed by atoms with Crippen LogP contribution in [0.15, 0.2) is 18.2 Å². The van der Waals surface area contributed by atoms with Gasteiger partial charge in [0, 0.05) is 48.9 Å². The van der Waals surface area contributed by atoms with Crippen LogP contribution in [0.2, 0.25) is 0 Å². The summed E-state index contributed by atoms with van der Waals surface area (Å²) in [6, 6.07) is 5.61. The number of imide groups is 1. The van der Waals surface area contributed by atoms with Crippen LogP contribution in [-0.4, -0.2) is 54.3 Å². The molecule has 8 heteroatoms. The number of hydrogen-bond acceptors (Lipinski definition) is 6. The Balaban J connectivity index is 1.56. The van der Waals surface area contributed by atoms with Crippen LogP contribution in [-0.2, 0) is 16.1 Å². The van der Waals surface area contributed by atoms with Crippen molar-refractivity contribution in [3.63, 3.8) is 0 Å². The third-order valence-electron chi connectivity index (χ3n) is 7.15. The van der Waals surface area contributed by atoms with Gasteiger partial charge in [-0.1, -0.05) is 6.07 Å². The number of unbranched alkanes of at least 4 members (excludes halogenated alkanes) is 1. The standard InChI is InChI=1S/C24H35N5O3/c25-12-1-2-13-28(14-16-6-8-17(26)9-7-16)20-5-3-4-18-19(20)15-29(24(18)32)21-10-11-22(30)27-23(21)31/h3-5,16-17,21H,1-2,6-15,25-26H2,(H,27,30,31). The fraction of sp³-hybridized carbons (Fsp3) is 0.625. The summed E-state index contributed by atoms with van der Waals surface area (Å²) < 4.78 is 0. The molecule has 1 aliphatic carbocycles. The van der Waals surface area contributed by atoms with Crippen molar-refractivity contribution in [2.75, 3.05) is 24.5 Å². The van der Waals surface area contributed by atoms with Gasteiger partial charge in [0.05, 0.1) is 0 Å². The van der Waals surface area contributed by atoms with Crippen molar-refractivity contribution in [3.8, 4) is 0 Å². The maximum absolute atomic E-state index is 13.2. The molecule has 8 nitrogen and oxygen atoms in total. The molecule has 1 aromatic carbocycles. The van der Waals surface area contributed by atoms with Crippen LogP contribution in [0.25, 0.3) is 0 Å². The number of nitrogens with two attached hydrogens (primary N) is 2. The highest BCUT2D eigenvalue weighted by Gasteiger charge is 2.40. The van der Waals surface area contributed by atoms with Gasteiger partial charge in [0.2, 0.25) is 11.8 Å². The molecule has 1 saturated carbocycles. The van der Waals surface area contributed by atoms with Crippen molar-refractivity contribution in [1.82, 2.24) is 10.2 Å². The minimum absolute atomic E-state index is 0.123. The zero-order valence-electron chi connectivity index (χ0n) is 18.7. The number of carbonyl (C=O) groups excluding carboxylic acids is 3. The molecule has 2 heterocycles. The summed E-state index contributed by atoms with van der Waals surface area (Å²) in [6.07, 6.45) is 6.99. The Bertz CT molecular complexity index is 865. The van der Waals surface area contributed by atoms with E-state index in [0.717, 1.165) is 62.9 Å². The summed E-state index contributed by atoms with van der Waals surface area (Å²) in [4.78, 5) is 41.2. The summed E-state index contributed by atoms with van der Waals surface area (Å²) in [5.41, 5.74) is 14.6. The van der Waals surface area contributed by atoms with E-state index in [2.05, 4.69) is 16.3 Å². The second kappa shape index (κ2) is 10.0. The van der Waals surface area contributed by atoms with Gasteiger partial charge in [0.25, 0.3) is 5.91 Å². The molecule has 174 valence electrons. The van der Waals surface area contributed by atoms with Crippen molar-refractivity contribution in [1.29, 1.82) is 0 Å². The first-order valence-electron chi connectivity index (χ1n) is 11.9.